The summed E-state index contributed by atoms with van der Waals surface area (Å²) in [5, 5.41) is 13.9. The number of thiophene rings is 1. The fourth-order valence-electron chi connectivity index (χ4n) is 2.14. The normalized spacial score (nSPS) is 10.4. The topological polar surface area (TPSA) is 98.5 Å². The molecule has 7 nitrogen and oxygen atoms in total. The molecule has 0 unspecified atom stereocenters. The summed E-state index contributed by atoms with van der Waals surface area (Å²) in [7, 11) is 1.25. The number of amides is 1. The standard InChI is InChI=1S/C16H15ClN2O5S/c1-3-4-10-8-12(16(21)24-2)15(25-10)18-14(20)11-7-9(19(22)23)5-6-13(11)17/h5-8H,3-4H2,1-2H3,(H,18,20). The van der Waals surface area contributed by atoms with Crippen molar-refractivity contribution in [3.63, 3.8) is 0 Å². The van der Waals surface area contributed by atoms with Gasteiger partial charge in [-0.3, -0.25) is 14.9 Å². The number of aryl methyl sites for hydroxylation is 1. The molecule has 132 valence electrons. The Morgan fingerprint density at radius 2 is 2.04 bits per heavy atom. The van der Waals surface area contributed by atoms with Crippen molar-refractivity contribution in [2.24, 2.45) is 0 Å². The molecule has 0 saturated heterocycles. The van der Waals surface area contributed by atoms with Crippen molar-refractivity contribution in [1.82, 2.24) is 0 Å². The minimum absolute atomic E-state index is 0.0443. The third kappa shape index (κ3) is 4.34. The number of nitro benzene ring substituents is 1. The van der Waals surface area contributed by atoms with Crippen LogP contribution in [0.25, 0.3) is 0 Å². The smallest absolute Gasteiger partial charge is 0.340 e. The molecular formula is C16H15ClN2O5S. The van der Waals surface area contributed by atoms with Gasteiger partial charge in [0.15, 0.2) is 0 Å². The second-order valence-electron chi connectivity index (χ2n) is 5.07. The molecule has 0 fully saturated rings. The molecule has 1 heterocycles. The lowest BCUT2D eigenvalue weighted by Gasteiger charge is -2.07. The first-order chi connectivity index (χ1) is 11.9. The Morgan fingerprint density at radius 1 is 1.32 bits per heavy atom. The van der Waals surface area contributed by atoms with E-state index in [4.69, 9.17) is 16.3 Å². The van der Waals surface area contributed by atoms with Crippen molar-refractivity contribution in [3.8, 4) is 0 Å². The highest BCUT2D eigenvalue weighted by molar-refractivity contribution is 7.16. The van der Waals surface area contributed by atoms with E-state index in [0.717, 1.165) is 23.8 Å². The maximum atomic E-state index is 12.5. The van der Waals surface area contributed by atoms with E-state index < -0.39 is 16.8 Å². The Morgan fingerprint density at radius 3 is 2.64 bits per heavy atom. The van der Waals surface area contributed by atoms with Crippen molar-refractivity contribution in [2.75, 3.05) is 12.4 Å². The molecule has 0 aliphatic heterocycles. The molecule has 2 rings (SSSR count). The number of carbonyl (C=O) groups is 2. The number of halogens is 1. The number of non-ortho nitro benzene ring substituents is 1. The van der Waals surface area contributed by atoms with Gasteiger partial charge in [-0.25, -0.2) is 4.79 Å². The highest BCUT2D eigenvalue weighted by Gasteiger charge is 2.21. The average Bonchev–Trinajstić information content (AvgIpc) is 2.97. The number of ether oxygens (including phenoxy) is 1. The summed E-state index contributed by atoms with van der Waals surface area (Å²) >= 11 is 7.23. The summed E-state index contributed by atoms with van der Waals surface area (Å²) in [4.78, 5) is 35.6. The van der Waals surface area contributed by atoms with Gasteiger partial charge in [0.1, 0.15) is 5.00 Å². The number of nitrogens with one attached hydrogen (secondary N) is 1. The molecule has 0 atom stereocenters. The Labute approximate surface area is 152 Å². The maximum absolute atomic E-state index is 12.5. The molecule has 0 aliphatic carbocycles. The van der Waals surface area contributed by atoms with Gasteiger partial charge in [-0.2, -0.15) is 0 Å². The van der Waals surface area contributed by atoms with Crippen molar-refractivity contribution >= 4 is 45.5 Å². The first-order valence-electron chi connectivity index (χ1n) is 7.33. The molecule has 25 heavy (non-hydrogen) atoms. The van der Waals surface area contributed by atoms with Gasteiger partial charge in [0.25, 0.3) is 11.6 Å². The quantitative estimate of drug-likeness (QED) is 0.456. The van der Waals surface area contributed by atoms with Crippen LogP contribution >= 0.6 is 22.9 Å². The van der Waals surface area contributed by atoms with Crippen LogP contribution in [0.5, 0.6) is 0 Å². The Bertz CT molecular complexity index is 834. The number of carbonyl (C=O) groups excluding carboxylic acids is 2. The number of anilines is 1. The van der Waals surface area contributed by atoms with E-state index in [1.165, 1.54) is 30.6 Å². The van der Waals surface area contributed by atoms with Crippen LogP contribution < -0.4 is 5.32 Å². The van der Waals surface area contributed by atoms with E-state index in [9.17, 15) is 19.7 Å². The molecule has 0 spiro atoms. The summed E-state index contributed by atoms with van der Waals surface area (Å²) in [5.74, 6) is -1.21. The predicted molar refractivity (Wildman–Crippen MR) is 95.7 cm³/mol. The molecule has 1 amide bonds. The lowest BCUT2D eigenvalue weighted by molar-refractivity contribution is -0.384. The van der Waals surface area contributed by atoms with Gasteiger partial charge < -0.3 is 10.1 Å². The lowest BCUT2D eigenvalue weighted by atomic mass is 10.2. The summed E-state index contributed by atoms with van der Waals surface area (Å²) in [6.07, 6.45) is 1.63. The molecule has 1 aromatic carbocycles. The number of methoxy groups -OCH3 is 1. The summed E-state index contributed by atoms with van der Waals surface area (Å²) < 4.78 is 4.73. The van der Waals surface area contributed by atoms with Crippen LogP contribution in [0.2, 0.25) is 5.02 Å². The van der Waals surface area contributed by atoms with E-state index in [1.54, 1.807) is 6.07 Å². The lowest BCUT2D eigenvalue weighted by Crippen LogP contribution is -2.14. The SMILES string of the molecule is CCCc1cc(C(=O)OC)c(NC(=O)c2cc([N+](=O)[O-])ccc2Cl)s1. The van der Waals surface area contributed by atoms with Crippen LogP contribution in [-0.4, -0.2) is 23.9 Å². The van der Waals surface area contributed by atoms with Gasteiger partial charge in [-0.1, -0.05) is 24.9 Å². The average molecular weight is 383 g/mol. The van der Waals surface area contributed by atoms with Gasteiger partial charge in [-0.05, 0) is 18.6 Å². The van der Waals surface area contributed by atoms with Crippen molar-refractivity contribution in [2.45, 2.75) is 19.8 Å². The second kappa shape index (κ2) is 8.09. The number of nitro groups is 1. The molecule has 1 N–H and O–H groups in total. The number of hydrogen-bond donors (Lipinski definition) is 1. The molecule has 0 radical (unpaired) electrons. The Kier molecular flexibility index (Phi) is 6.11. The van der Waals surface area contributed by atoms with E-state index >= 15 is 0 Å². The summed E-state index contributed by atoms with van der Waals surface area (Å²) in [5.41, 5.74) is -0.0522. The van der Waals surface area contributed by atoms with Gasteiger partial charge in [0.05, 0.1) is 28.2 Å². The third-order valence-corrected chi connectivity index (χ3v) is 4.76. The number of hydrogen-bond acceptors (Lipinski definition) is 6. The fourth-order valence-corrected chi connectivity index (χ4v) is 3.48. The first kappa shape index (κ1) is 18.9. The summed E-state index contributed by atoms with van der Waals surface area (Å²) in [6, 6.07) is 5.26. The van der Waals surface area contributed by atoms with E-state index in [1.807, 2.05) is 6.92 Å². The minimum Gasteiger partial charge on any atom is -0.465 e. The highest BCUT2D eigenvalue weighted by Crippen LogP contribution is 2.31. The Hall–Kier alpha value is -2.45. The first-order valence-corrected chi connectivity index (χ1v) is 8.53. The fraction of sp³-hybridized carbons (Fsp3) is 0.250. The zero-order chi connectivity index (χ0) is 18.6. The van der Waals surface area contributed by atoms with Crippen LogP contribution in [0, 0.1) is 10.1 Å². The summed E-state index contributed by atoms with van der Waals surface area (Å²) in [6.45, 7) is 2.00. The van der Waals surface area contributed by atoms with Crippen LogP contribution in [0.4, 0.5) is 10.7 Å². The maximum Gasteiger partial charge on any atom is 0.340 e. The molecule has 0 aliphatic rings. The number of esters is 1. The van der Waals surface area contributed by atoms with Crippen LogP contribution in [0.15, 0.2) is 24.3 Å². The van der Waals surface area contributed by atoms with Gasteiger partial charge in [0.2, 0.25) is 0 Å². The number of rotatable bonds is 6. The van der Waals surface area contributed by atoms with E-state index in [2.05, 4.69) is 5.32 Å². The number of nitrogens with zero attached hydrogens (tertiary/aromatic N) is 1. The van der Waals surface area contributed by atoms with Crippen LogP contribution in [0.1, 0.15) is 38.9 Å². The highest BCUT2D eigenvalue weighted by atomic mass is 35.5. The van der Waals surface area contributed by atoms with Crippen molar-refractivity contribution < 1.29 is 19.2 Å². The van der Waals surface area contributed by atoms with Crippen LogP contribution in [-0.2, 0) is 11.2 Å². The minimum atomic E-state index is -0.635. The van der Waals surface area contributed by atoms with Gasteiger partial charge in [-0.15, -0.1) is 11.3 Å². The van der Waals surface area contributed by atoms with Gasteiger partial charge in [0, 0.05) is 17.0 Å². The molecular weight excluding hydrogens is 368 g/mol. The van der Waals surface area contributed by atoms with Crippen LogP contribution in [0.3, 0.4) is 0 Å². The predicted octanol–water partition coefficient (Wildman–Crippen LogP) is 4.30. The molecule has 0 bridgehead atoms. The zero-order valence-corrected chi connectivity index (χ0v) is 15.1. The third-order valence-electron chi connectivity index (χ3n) is 3.32. The molecule has 2 aromatic rings. The van der Waals surface area contributed by atoms with Crippen molar-refractivity contribution in [3.05, 3.63) is 55.4 Å². The Balaban J connectivity index is 2.36. The molecule has 9 heteroatoms. The van der Waals surface area contributed by atoms with Crippen molar-refractivity contribution in [1.29, 1.82) is 0 Å². The van der Waals surface area contributed by atoms with E-state index in [-0.39, 0.29) is 21.8 Å². The number of benzene rings is 1. The largest absolute Gasteiger partial charge is 0.465 e. The zero-order valence-electron chi connectivity index (χ0n) is 13.5. The molecule has 0 saturated carbocycles. The monoisotopic (exact) mass is 382 g/mol. The second-order valence-corrected chi connectivity index (χ2v) is 6.62. The van der Waals surface area contributed by atoms with E-state index in [0.29, 0.717) is 5.00 Å². The van der Waals surface area contributed by atoms with Gasteiger partial charge >= 0.3 is 5.97 Å². The molecule has 1 aromatic heterocycles.